The molecular weight excluding hydrogens is 447 g/mol. The summed E-state index contributed by atoms with van der Waals surface area (Å²) >= 11 is 0. The van der Waals surface area contributed by atoms with Crippen LogP contribution in [-0.2, 0) is 22.8 Å². The van der Waals surface area contributed by atoms with Crippen LogP contribution in [0, 0.1) is 0 Å². The van der Waals surface area contributed by atoms with Gasteiger partial charge in [-0.05, 0) is 41.8 Å². The first kappa shape index (κ1) is 23.3. The van der Waals surface area contributed by atoms with Gasteiger partial charge in [-0.1, -0.05) is 50.2 Å². The molecule has 0 fully saturated rings. The smallest absolute Gasteiger partial charge is 0.416 e. The fourth-order valence-electron chi connectivity index (χ4n) is 3.91. The number of aliphatic carboxylic acids is 1. The van der Waals surface area contributed by atoms with Crippen molar-refractivity contribution in [1.82, 2.24) is 15.0 Å². The zero-order chi connectivity index (χ0) is 24.7. The Hall–Kier alpha value is -3.88. The highest BCUT2D eigenvalue weighted by molar-refractivity contribution is 5.75. The standard InChI is InChI=1S/C25H22F3N3O3/c1-24(2,16-6-4-3-5-7-16)18-12-15(8-11-22(32)33)13-21(23(18)34)31-29-19-10-9-17(25(26,27)28)14-20(19)30-31/h3-7,9-10,12-14,34H,8,11H2,1-2H3,(H,32,33). The van der Waals surface area contributed by atoms with Gasteiger partial charge >= 0.3 is 12.1 Å². The first-order valence-corrected chi connectivity index (χ1v) is 10.5. The van der Waals surface area contributed by atoms with Gasteiger partial charge in [0, 0.05) is 17.4 Å². The number of aryl methyl sites for hydroxylation is 1. The van der Waals surface area contributed by atoms with Crippen molar-refractivity contribution in [3.8, 4) is 11.4 Å². The predicted octanol–water partition coefficient (Wildman–Crippen LogP) is 5.49. The van der Waals surface area contributed by atoms with Crippen molar-refractivity contribution in [2.45, 2.75) is 38.3 Å². The normalized spacial score (nSPS) is 12.3. The minimum absolute atomic E-state index is 0.0223. The van der Waals surface area contributed by atoms with Crippen molar-refractivity contribution >= 4 is 17.0 Å². The fourth-order valence-corrected chi connectivity index (χ4v) is 3.91. The molecule has 3 aromatic carbocycles. The van der Waals surface area contributed by atoms with Crippen LogP contribution < -0.4 is 0 Å². The number of nitrogens with zero attached hydrogens (tertiary/aromatic N) is 3. The molecule has 0 amide bonds. The highest BCUT2D eigenvalue weighted by Crippen LogP contribution is 2.41. The molecule has 34 heavy (non-hydrogen) atoms. The molecule has 0 spiro atoms. The summed E-state index contributed by atoms with van der Waals surface area (Å²) < 4.78 is 39.3. The van der Waals surface area contributed by atoms with Gasteiger partial charge in [0.1, 0.15) is 22.5 Å². The molecule has 4 rings (SSSR count). The lowest BCUT2D eigenvalue weighted by molar-refractivity contribution is -0.138. The van der Waals surface area contributed by atoms with Crippen LogP contribution in [0.1, 0.15) is 42.5 Å². The van der Waals surface area contributed by atoms with E-state index in [1.54, 1.807) is 12.1 Å². The molecule has 0 radical (unpaired) electrons. The third-order valence-corrected chi connectivity index (χ3v) is 5.87. The molecule has 2 N–H and O–H groups in total. The lowest BCUT2D eigenvalue weighted by Crippen LogP contribution is -2.20. The molecule has 0 bridgehead atoms. The van der Waals surface area contributed by atoms with Gasteiger partial charge in [-0.2, -0.15) is 13.2 Å². The van der Waals surface area contributed by atoms with E-state index >= 15 is 0 Å². The van der Waals surface area contributed by atoms with Crippen molar-refractivity contribution in [1.29, 1.82) is 0 Å². The number of fused-ring (bicyclic) bond motifs is 1. The number of carbonyl (C=O) groups is 1. The van der Waals surface area contributed by atoms with E-state index in [9.17, 15) is 23.1 Å². The number of phenols is 1. The molecule has 0 aliphatic heterocycles. The summed E-state index contributed by atoms with van der Waals surface area (Å²) in [6.07, 6.45) is -4.46. The number of alkyl halides is 3. The number of aromatic nitrogens is 3. The average Bonchev–Trinajstić information content (AvgIpc) is 3.21. The molecule has 6 nitrogen and oxygen atoms in total. The molecule has 1 heterocycles. The van der Waals surface area contributed by atoms with Crippen molar-refractivity contribution in [2.75, 3.05) is 0 Å². The lowest BCUT2D eigenvalue weighted by atomic mass is 9.76. The molecule has 0 aliphatic carbocycles. The average molecular weight is 469 g/mol. The topological polar surface area (TPSA) is 88.2 Å². The van der Waals surface area contributed by atoms with Crippen molar-refractivity contribution in [2.24, 2.45) is 0 Å². The zero-order valence-electron chi connectivity index (χ0n) is 18.5. The third kappa shape index (κ3) is 4.46. The maximum Gasteiger partial charge on any atom is 0.416 e. The van der Waals surface area contributed by atoms with Crippen molar-refractivity contribution in [3.05, 3.63) is 82.9 Å². The van der Waals surface area contributed by atoms with Gasteiger partial charge in [-0.15, -0.1) is 15.0 Å². The second-order valence-electron chi connectivity index (χ2n) is 8.59. The largest absolute Gasteiger partial charge is 0.505 e. The van der Waals surface area contributed by atoms with E-state index in [0.717, 1.165) is 22.5 Å². The second kappa shape index (κ2) is 8.48. The van der Waals surface area contributed by atoms with E-state index in [0.29, 0.717) is 11.1 Å². The Kier molecular flexibility index (Phi) is 5.80. The number of halogens is 3. The molecule has 9 heteroatoms. The number of rotatable bonds is 6. The lowest BCUT2D eigenvalue weighted by Gasteiger charge is -2.28. The molecule has 0 unspecified atom stereocenters. The highest BCUT2D eigenvalue weighted by Gasteiger charge is 2.32. The summed E-state index contributed by atoms with van der Waals surface area (Å²) in [7, 11) is 0. The Morgan fingerprint density at radius 2 is 1.62 bits per heavy atom. The SMILES string of the molecule is CC(C)(c1ccccc1)c1cc(CCC(=O)O)cc(-n2nc3ccc(C(F)(F)F)cc3n2)c1O. The Balaban J connectivity index is 1.89. The van der Waals surface area contributed by atoms with Gasteiger partial charge in [0.05, 0.1) is 5.56 Å². The number of aromatic hydroxyl groups is 1. The van der Waals surface area contributed by atoms with Gasteiger partial charge in [-0.25, -0.2) is 0 Å². The van der Waals surface area contributed by atoms with Gasteiger partial charge in [0.15, 0.2) is 0 Å². The van der Waals surface area contributed by atoms with E-state index < -0.39 is 23.1 Å². The summed E-state index contributed by atoms with van der Waals surface area (Å²) in [5.74, 6) is -1.11. The molecular formula is C25H22F3N3O3. The first-order valence-electron chi connectivity index (χ1n) is 10.5. The number of phenolic OH excluding ortho intramolecular Hbond substituents is 1. The summed E-state index contributed by atoms with van der Waals surface area (Å²) in [6.45, 7) is 3.84. The fraction of sp³-hybridized carbons (Fsp3) is 0.240. The summed E-state index contributed by atoms with van der Waals surface area (Å²) in [6, 6.07) is 15.8. The molecule has 176 valence electrons. The minimum Gasteiger partial charge on any atom is -0.505 e. The van der Waals surface area contributed by atoms with Crippen LogP contribution in [0.3, 0.4) is 0 Å². The quantitative estimate of drug-likeness (QED) is 0.390. The second-order valence-corrected chi connectivity index (χ2v) is 8.59. The van der Waals surface area contributed by atoms with Gasteiger partial charge in [0.2, 0.25) is 0 Å². The first-order chi connectivity index (χ1) is 16.0. The summed E-state index contributed by atoms with van der Waals surface area (Å²) in [5, 5.41) is 28.8. The van der Waals surface area contributed by atoms with Gasteiger partial charge < -0.3 is 10.2 Å². The molecule has 0 saturated carbocycles. The van der Waals surface area contributed by atoms with Crippen molar-refractivity contribution in [3.63, 3.8) is 0 Å². The molecule has 1 aromatic heterocycles. The number of hydrogen-bond acceptors (Lipinski definition) is 4. The highest BCUT2D eigenvalue weighted by atomic mass is 19.4. The molecule has 4 aromatic rings. The van der Waals surface area contributed by atoms with Crippen molar-refractivity contribution < 1.29 is 28.2 Å². The van der Waals surface area contributed by atoms with Crippen LogP contribution in [0.4, 0.5) is 13.2 Å². The number of benzene rings is 3. The predicted molar refractivity (Wildman–Crippen MR) is 120 cm³/mol. The maximum atomic E-state index is 13.1. The van der Waals surface area contributed by atoms with E-state index in [4.69, 9.17) is 5.11 Å². The van der Waals surface area contributed by atoms with Gasteiger partial charge in [-0.3, -0.25) is 4.79 Å². The Bertz CT molecular complexity index is 1360. The summed E-state index contributed by atoms with van der Waals surface area (Å²) in [5.41, 5.74) is 0.959. The Morgan fingerprint density at radius 1 is 0.941 bits per heavy atom. The van der Waals surface area contributed by atoms with E-state index in [-0.39, 0.29) is 35.3 Å². The van der Waals surface area contributed by atoms with Gasteiger partial charge in [0.25, 0.3) is 0 Å². The van der Waals surface area contributed by atoms with Crippen LogP contribution in [0.5, 0.6) is 5.75 Å². The molecule has 0 saturated heterocycles. The Morgan fingerprint density at radius 3 is 2.26 bits per heavy atom. The molecule has 0 aliphatic rings. The van der Waals surface area contributed by atoms with Crippen LogP contribution in [0.15, 0.2) is 60.7 Å². The maximum absolute atomic E-state index is 13.1. The van der Waals surface area contributed by atoms with Crippen LogP contribution >= 0.6 is 0 Å². The van der Waals surface area contributed by atoms with Crippen LogP contribution in [-0.4, -0.2) is 31.2 Å². The van der Waals surface area contributed by atoms with E-state index in [2.05, 4.69) is 10.2 Å². The van der Waals surface area contributed by atoms with Crippen LogP contribution in [0.25, 0.3) is 16.7 Å². The number of carboxylic acid groups (broad SMARTS) is 1. The van der Waals surface area contributed by atoms with E-state index in [1.165, 1.54) is 6.07 Å². The molecule has 0 atom stereocenters. The Labute approximate surface area is 193 Å². The van der Waals surface area contributed by atoms with E-state index in [1.807, 2.05) is 44.2 Å². The third-order valence-electron chi connectivity index (χ3n) is 5.87. The monoisotopic (exact) mass is 469 g/mol. The summed E-state index contributed by atoms with van der Waals surface area (Å²) in [4.78, 5) is 12.2. The number of hydrogen-bond donors (Lipinski definition) is 2. The van der Waals surface area contributed by atoms with Crippen LogP contribution in [0.2, 0.25) is 0 Å². The zero-order valence-corrected chi connectivity index (χ0v) is 18.5. The minimum atomic E-state index is -4.52. The number of carboxylic acids is 1.